The number of aromatic amines is 1. The summed E-state index contributed by atoms with van der Waals surface area (Å²) in [7, 11) is 0. The summed E-state index contributed by atoms with van der Waals surface area (Å²) in [5, 5.41) is 16.8. The molecule has 1 aliphatic rings. The molecule has 3 aromatic rings. The van der Waals surface area contributed by atoms with Gasteiger partial charge in [0.15, 0.2) is 10.9 Å². The van der Waals surface area contributed by atoms with Crippen molar-refractivity contribution in [3.05, 3.63) is 52.0 Å². The summed E-state index contributed by atoms with van der Waals surface area (Å²) in [6, 6.07) is 10.1. The molecule has 24 heavy (non-hydrogen) atoms. The summed E-state index contributed by atoms with van der Waals surface area (Å²) >= 11 is 7.00. The maximum absolute atomic E-state index is 5.68. The molecule has 4 rings (SSSR count). The van der Waals surface area contributed by atoms with Crippen LogP contribution in [0.5, 0.6) is 0 Å². The van der Waals surface area contributed by atoms with Crippen molar-refractivity contribution in [3.63, 3.8) is 0 Å². The van der Waals surface area contributed by atoms with Gasteiger partial charge in [-0.05, 0) is 55.7 Å². The van der Waals surface area contributed by atoms with E-state index in [4.69, 9.17) is 16.6 Å². The van der Waals surface area contributed by atoms with Gasteiger partial charge < -0.3 is 15.1 Å². The fourth-order valence-electron chi connectivity index (χ4n) is 2.83. The van der Waals surface area contributed by atoms with E-state index in [1.807, 2.05) is 31.2 Å². The Morgan fingerprint density at radius 1 is 1.29 bits per heavy atom. The van der Waals surface area contributed by atoms with E-state index in [2.05, 4.69) is 39.2 Å². The van der Waals surface area contributed by atoms with Gasteiger partial charge in [-0.1, -0.05) is 6.07 Å². The Hall–Kier alpha value is -2.38. The molecule has 7 heteroatoms. The van der Waals surface area contributed by atoms with Crippen LogP contribution in [0.15, 0.2) is 40.1 Å². The summed E-state index contributed by atoms with van der Waals surface area (Å²) in [5.41, 5.74) is 3.82. The second-order valence-corrected chi connectivity index (χ2v) is 7.02. The number of H-pyrrole nitrogens is 1. The van der Waals surface area contributed by atoms with Crippen LogP contribution in [0.2, 0.25) is 0 Å². The maximum atomic E-state index is 5.68. The zero-order valence-corrected chi connectivity index (χ0v) is 14.8. The normalized spacial score (nSPS) is 17.8. The minimum absolute atomic E-state index is 0.0605. The van der Waals surface area contributed by atoms with Gasteiger partial charge in [-0.15, -0.1) is 11.3 Å². The Bertz CT molecular complexity index is 920. The Kier molecular flexibility index (Phi) is 3.74. The Morgan fingerprint density at radius 3 is 2.88 bits per heavy atom. The van der Waals surface area contributed by atoms with E-state index in [1.54, 1.807) is 11.3 Å². The minimum atomic E-state index is 0.0605. The summed E-state index contributed by atoms with van der Waals surface area (Å²) in [4.78, 5) is 1.14. The average molecular weight is 356 g/mol. The van der Waals surface area contributed by atoms with Gasteiger partial charge in [0.2, 0.25) is 0 Å². The first-order valence-electron chi connectivity index (χ1n) is 7.60. The van der Waals surface area contributed by atoms with E-state index in [1.165, 1.54) is 0 Å². The van der Waals surface area contributed by atoms with Crippen LogP contribution in [0.1, 0.15) is 23.3 Å². The molecule has 4 heterocycles. The fourth-order valence-corrected chi connectivity index (χ4v) is 3.85. The van der Waals surface area contributed by atoms with E-state index in [-0.39, 0.29) is 6.04 Å². The van der Waals surface area contributed by atoms with Gasteiger partial charge in [0.1, 0.15) is 11.5 Å². The first-order chi connectivity index (χ1) is 11.6. The molecule has 3 aromatic heterocycles. The summed E-state index contributed by atoms with van der Waals surface area (Å²) in [5.74, 6) is 1.66. The molecule has 1 atom stereocenters. The Labute approximate surface area is 148 Å². The third-order valence-corrected chi connectivity index (χ3v) is 5.02. The van der Waals surface area contributed by atoms with Gasteiger partial charge in [0.25, 0.3) is 0 Å². The molecule has 0 radical (unpaired) electrons. The van der Waals surface area contributed by atoms with Crippen molar-refractivity contribution in [2.24, 2.45) is 0 Å². The van der Waals surface area contributed by atoms with Crippen molar-refractivity contribution < 1.29 is 4.42 Å². The van der Waals surface area contributed by atoms with Crippen molar-refractivity contribution in [3.8, 4) is 11.5 Å². The van der Waals surface area contributed by atoms with Gasteiger partial charge in [-0.2, -0.15) is 5.10 Å². The zero-order valence-electron chi connectivity index (χ0n) is 13.2. The summed E-state index contributed by atoms with van der Waals surface area (Å²) in [6.07, 6.45) is 0. The standard InChI is InChI=1S/C17H16N4OS2/c1-9-5-6-13(22-9)11-8-12(21-20-11)15-10(2)18-17(23)19-16(15)14-4-3-7-24-14/h3-8,10H,1-2H3,(H,20,21)(H2,18,19,23). The molecule has 0 spiro atoms. The average Bonchev–Trinajstić information content (AvgIpc) is 3.27. The zero-order chi connectivity index (χ0) is 16.7. The SMILES string of the molecule is Cc1ccc(-c2cc(C3=C(c4cccs4)NC(=S)NC3C)n[nH]2)o1. The smallest absolute Gasteiger partial charge is 0.171 e. The van der Waals surface area contributed by atoms with Gasteiger partial charge in [-0.3, -0.25) is 5.10 Å². The van der Waals surface area contributed by atoms with E-state index in [9.17, 15) is 0 Å². The van der Waals surface area contributed by atoms with E-state index in [0.29, 0.717) is 5.11 Å². The third-order valence-electron chi connectivity index (χ3n) is 3.92. The number of aromatic nitrogens is 2. The van der Waals surface area contributed by atoms with Gasteiger partial charge in [0, 0.05) is 5.57 Å². The lowest BCUT2D eigenvalue weighted by atomic mass is 9.99. The summed E-state index contributed by atoms with van der Waals surface area (Å²) in [6.45, 7) is 4.01. The molecule has 3 N–H and O–H groups in total. The number of hydrogen-bond acceptors (Lipinski definition) is 4. The number of furan rings is 1. The van der Waals surface area contributed by atoms with Crippen LogP contribution < -0.4 is 10.6 Å². The molecule has 1 unspecified atom stereocenters. The predicted molar refractivity (Wildman–Crippen MR) is 100 cm³/mol. The molecule has 0 saturated heterocycles. The second-order valence-electron chi connectivity index (χ2n) is 5.66. The maximum Gasteiger partial charge on any atom is 0.171 e. The largest absolute Gasteiger partial charge is 0.460 e. The Morgan fingerprint density at radius 2 is 2.17 bits per heavy atom. The number of thiophene rings is 1. The van der Waals surface area contributed by atoms with Crippen LogP contribution in [0.4, 0.5) is 0 Å². The molecule has 122 valence electrons. The lowest BCUT2D eigenvalue weighted by Crippen LogP contribution is -2.45. The van der Waals surface area contributed by atoms with Crippen molar-refractivity contribution in [1.29, 1.82) is 0 Å². The molecular formula is C17H16N4OS2. The van der Waals surface area contributed by atoms with E-state index in [0.717, 1.165) is 39.1 Å². The lowest BCUT2D eigenvalue weighted by Gasteiger charge is -2.28. The first kappa shape index (κ1) is 15.2. The highest BCUT2D eigenvalue weighted by Crippen LogP contribution is 2.32. The van der Waals surface area contributed by atoms with Crippen LogP contribution in [0, 0.1) is 6.92 Å². The number of thiocarbonyl (C=S) groups is 1. The van der Waals surface area contributed by atoms with Crippen molar-refractivity contribution in [2.75, 3.05) is 0 Å². The molecule has 0 aliphatic carbocycles. The monoisotopic (exact) mass is 356 g/mol. The molecule has 0 bridgehead atoms. The van der Waals surface area contributed by atoms with Gasteiger partial charge >= 0.3 is 0 Å². The molecule has 1 aliphatic heterocycles. The van der Waals surface area contributed by atoms with Crippen LogP contribution in [0.25, 0.3) is 22.7 Å². The van der Waals surface area contributed by atoms with Gasteiger partial charge in [0.05, 0.1) is 22.3 Å². The van der Waals surface area contributed by atoms with Crippen molar-refractivity contribution >= 4 is 39.9 Å². The quantitative estimate of drug-likeness (QED) is 0.624. The molecule has 0 saturated carbocycles. The fraction of sp³-hybridized carbons (Fsp3) is 0.176. The summed E-state index contributed by atoms with van der Waals surface area (Å²) < 4.78 is 5.68. The number of nitrogens with zero attached hydrogens (tertiary/aromatic N) is 1. The number of hydrogen-bond donors (Lipinski definition) is 3. The van der Waals surface area contributed by atoms with Crippen LogP contribution in [-0.4, -0.2) is 21.4 Å². The molecule has 0 fully saturated rings. The van der Waals surface area contributed by atoms with Crippen LogP contribution >= 0.6 is 23.6 Å². The van der Waals surface area contributed by atoms with E-state index >= 15 is 0 Å². The highest BCUT2D eigenvalue weighted by Gasteiger charge is 2.26. The third kappa shape index (κ3) is 2.65. The number of rotatable bonds is 3. The molecule has 0 amide bonds. The van der Waals surface area contributed by atoms with E-state index < -0.39 is 0 Å². The Balaban J connectivity index is 1.81. The number of nitrogens with one attached hydrogen (secondary N) is 3. The van der Waals surface area contributed by atoms with Crippen molar-refractivity contribution in [2.45, 2.75) is 19.9 Å². The highest BCUT2D eigenvalue weighted by atomic mass is 32.1. The highest BCUT2D eigenvalue weighted by molar-refractivity contribution is 7.80. The van der Waals surface area contributed by atoms with Crippen LogP contribution in [0.3, 0.4) is 0 Å². The lowest BCUT2D eigenvalue weighted by molar-refractivity contribution is 0.546. The van der Waals surface area contributed by atoms with Crippen LogP contribution in [-0.2, 0) is 0 Å². The minimum Gasteiger partial charge on any atom is -0.460 e. The molecular weight excluding hydrogens is 340 g/mol. The topological polar surface area (TPSA) is 65.9 Å². The number of aryl methyl sites for hydroxylation is 1. The van der Waals surface area contributed by atoms with Crippen molar-refractivity contribution in [1.82, 2.24) is 20.8 Å². The van der Waals surface area contributed by atoms with Gasteiger partial charge in [-0.25, -0.2) is 0 Å². The predicted octanol–water partition coefficient (Wildman–Crippen LogP) is 3.77. The second kappa shape index (κ2) is 5.92. The first-order valence-corrected chi connectivity index (χ1v) is 8.89. The molecule has 5 nitrogen and oxygen atoms in total. The molecule has 0 aromatic carbocycles.